The molecule has 22 heavy (non-hydrogen) atoms. The van der Waals surface area contributed by atoms with Crippen LogP contribution in [0, 0.1) is 0 Å². The Morgan fingerprint density at radius 2 is 1.55 bits per heavy atom. The first-order valence-electron chi connectivity index (χ1n) is 7.58. The molecule has 0 aliphatic heterocycles. The second-order valence-electron chi connectivity index (χ2n) is 5.25. The first kappa shape index (κ1) is 20.4. The summed E-state index contributed by atoms with van der Waals surface area (Å²) >= 11 is 0. The molecule has 0 aromatic carbocycles. The fraction of sp³-hybridized carbons (Fsp3) is 0.714. The Morgan fingerprint density at radius 3 is 2.00 bits per heavy atom. The molecule has 0 saturated carbocycles. The Hall–Kier alpha value is -1.64. The number of hydrogen-bond donors (Lipinski definition) is 6. The maximum atomic E-state index is 12.3. The predicted molar refractivity (Wildman–Crippen MR) is 87.4 cm³/mol. The Labute approximate surface area is 132 Å². The van der Waals surface area contributed by atoms with Gasteiger partial charge in [-0.3, -0.25) is 9.59 Å². The highest BCUT2D eigenvalue weighted by molar-refractivity contribution is 5.89. The third kappa shape index (κ3) is 7.39. The molecule has 3 atom stereocenters. The van der Waals surface area contributed by atoms with Crippen LogP contribution >= 0.6 is 0 Å². The van der Waals surface area contributed by atoms with Gasteiger partial charge in [0.25, 0.3) is 0 Å². The van der Waals surface area contributed by atoms with Gasteiger partial charge in [-0.25, -0.2) is 0 Å². The number of nitrogens with one attached hydrogen (secondary N) is 2. The molecule has 0 heterocycles. The number of carbonyl (C=O) groups is 2. The van der Waals surface area contributed by atoms with E-state index in [4.69, 9.17) is 22.9 Å². The summed E-state index contributed by atoms with van der Waals surface area (Å²) < 4.78 is 0. The maximum Gasteiger partial charge on any atom is 0.243 e. The Kier molecular flexibility index (Phi) is 10.2. The third-order valence-electron chi connectivity index (χ3n) is 3.24. The van der Waals surface area contributed by atoms with Crippen molar-refractivity contribution in [2.45, 2.75) is 50.7 Å². The Balaban J connectivity index is 4.74. The summed E-state index contributed by atoms with van der Waals surface area (Å²) in [5.74, 6) is -0.707. The number of carbonyl (C=O) groups excluding carboxylic acids is 2. The largest absolute Gasteiger partial charge is 0.401 e. The summed E-state index contributed by atoms with van der Waals surface area (Å²) in [5.41, 5.74) is 22.5. The smallest absolute Gasteiger partial charge is 0.243 e. The van der Waals surface area contributed by atoms with Crippen LogP contribution in [0.1, 0.15) is 32.6 Å². The van der Waals surface area contributed by atoms with E-state index >= 15 is 0 Å². The average molecular weight is 314 g/mol. The number of hydrogen-bond acceptors (Lipinski definition) is 6. The average Bonchev–Trinajstić information content (AvgIpc) is 2.46. The van der Waals surface area contributed by atoms with Gasteiger partial charge in [0.1, 0.15) is 6.04 Å². The summed E-state index contributed by atoms with van der Waals surface area (Å²) in [5, 5.41) is 5.41. The lowest BCUT2D eigenvalue weighted by molar-refractivity contribution is -0.130. The monoisotopic (exact) mass is 314 g/mol. The van der Waals surface area contributed by atoms with Crippen molar-refractivity contribution in [2.24, 2.45) is 22.9 Å². The summed E-state index contributed by atoms with van der Waals surface area (Å²) in [6, 6.07) is -1.80. The molecule has 0 fully saturated rings. The number of nitrogens with two attached hydrogens (primary N) is 4. The van der Waals surface area contributed by atoms with Crippen molar-refractivity contribution >= 4 is 11.8 Å². The van der Waals surface area contributed by atoms with E-state index in [-0.39, 0.29) is 11.8 Å². The van der Waals surface area contributed by atoms with Crippen molar-refractivity contribution in [3.05, 3.63) is 12.3 Å². The van der Waals surface area contributed by atoms with Gasteiger partial charge in [-0.15, -0.1) is 0 Å². The highest BCUT2D eigenvalue weighted by Crippen LogP contribution is 2.03. The van der Waals surface area contributed by atoms with Gasteiger partial charge in [-0.2, -0.15) is 0 Å². The molecule has 0 aromatic rings. The minimum atomic E-state index is -0.721. The fourth-order valence-corrected chi connectivity index (χ4v) is 1.94. The van der Waals surface area contributed by atoms with Gasteiger partial charge in [0, 0.05) is 5.70 Å². The molecule has 0 rings (SSSR count). The van der Waals surface area contributed by atoms with E-state index in [9.17, 15) is 9.59 Å². The van der Waals surface area contributed by atoms with Crippen LogP contribution in [-0.2, 0) is 9.59 Å². The number of amides is 2. The molecule has 8 nitrogen and oxygen atoms in total. The van der Waals surface area contributed by atoms with Crippen molar-refractivity contribution in [3.8, 4) is 0 Å². The normalized spacial score (nSPS) is 14.7. The van der Waals surface area contributed by atoms with E-state index in [0.29, 0.717) is 38.0 Å². The zero-order chi connectivity index (χ0) is 17.1. The first-order valence-corrected chi connectivity index (χ1v) is 7.58. The molecule has 0 unspecified atom stereocenters. The van der Waals surface area contributed by atoms with E-state index in [0.717, 1.165) is 6.42 Å². The Bertz CT molecular complexity index is 374. The van der Waals surface area contributed by atoms with Crippen molar-refractivity contribution in [3.63, 3.8) is 0 Å². The minimum absolute atomic E-state index is 0.310. The SMILES string of the molecule is C=C(N)[C@H](CCN)NC(=O)[C@H](CCC)NC(=O)[C@@H](N)CCN. The minimum Gasteiger partial charge on any atom is -0.401 e. The highest BCUT2D eigenvalue weighted by atomic mass is 16.2. The molecule has 0 spiro atoms. The molecule has 128 valence electrons. The van der Waals surface area contributed by atoms with Gasteiger partial charge in [0.2, 0.25) is 11.8 Å². The molecule has 8 heteroatoms. The van der Waals surface area contributed by atoms with Crippen LogP contribution in [-0.4, -0.2) is 43.0 Å². The van der Waals surface area contributed by atoms with E-state index in [1.165, 1.54) is 0 Å². The van der Waals surface area contributed by atoms with Gasteiger partial charge in [0.05, 0.1) is 12.1 Å². The Morgan fingerprint density at radius 1 is 1.00 bits per heavy atom. The van der Waals surface area contributed by atoms with E-state index in [1.807, 2.05) is 6.92 Å². The van der Waals surface area contributed by atoms with Crippen LogP contribution in [0.15, 0.2) is 12.3 Å². The molecule has 0 aliphatic carbocycles. The topological polar surface area (TPSA) is 162 Å². The first-order chi connectivity index (χ1) is 10.4. The lowest BCUT2D eigenvalue weighted by Gasteiger charge is -2.24. The van der Waals surface area contributed by atoms with Crippen LogP contribution in [0.25, 0.3) is 0 Å². The molecular formula is C14H30N6O2. The standard InChI is InChI=1S/C14H30N6O2/c1-3-4-12(20-13(21)10(18)5-7-15)14(22)19-11(6-8-16)9(2)17/h10-12H,2-8,15-18H2,1H3,(H,19,22)(H,20,21)/t10-,11-,12-/m0/s1. The van der Waals surface area contributed by atoms with Crippen molar-refractivity contribution < 1.29 is 9.59 Å². The van der Waals surface area contributed by atoms with Gasteiger partial charge < -0.3 is 33.6 Å². The highest BCUT2D eigenvalue weighted by Gasteiger charge is 2.24. The van der Waals surface area contributed by atoms with Crippen LogP contribution < -0.4 is 33.6 Å². The maximum absolute atomic E-state index is 12.3. The van der Waals surface area contributed by atoms with Gasteiger partial charge in [0.15, 0.2) is 0 Å². The van der Waals surface area contributed by atoms with Crippen LogP contribution in [0.4, 0.5) is 0 Å². The molecule has 10 N–H and O–H groups in total. The van der Waals surface area contributed by atoms with Crippen molar-refractivity contribution in [2.75, 3.05) is 13.1 Å². The predicted octanol–water partition coefficient (Wildman–Crippen LogP) is -1.75. The zero-order valence-electron chi connectivity index (χ0n) is 13.3. The van der Waals surface area contributed by atoms with Gasteiger partial charge >= 0.3 is 0 Å². The van der Waals surface area contributed by atoms with Crippen LogP contribution in [0.2, 0.25) is 0 Å². The fourth-order valence-electron chi connectivity index (χ4n) is 1.94. The summed E-state index contributed by atoms with van der Waals surface area (Å²) in [4.78, 5) is 24.2. The molecular weight excluding hydrogens is 284 g/mol. The lowest BCUT2D eigenvalue weighted by atomic mass is 10.1. The number of rotatable bonds is 11. The zero-order valence-corrected chi connectivity index (χ0v) is 13.3. The van der Waals surface area contributed by atoms with Crippen molar-refractivity contribution in [1.82, 2.24) is 10.6 Å². The lowest BCUT2D eigenvalue weighted by Crippen LogP contribution is -2.54. The third-order valence-corrected chi connectivity index (χ3v) is 3.24. The molecule has 0 aliphatic rings. The second kappa shape index (κ2) is 11.0. The van der Waals surface area contributed by atoms with Crippen molar-refractivity contribution in [1.29, 1.82) is 0 Å². The van der Waals surface area contributed by atoms with Gasteiger partial charge in [-0.1, -0.05) is 19.9 Å². The molecule has 0 bridgehead atoms. The molecule has 0 radical (unpaired) electrons. The molecule has 0 aromatic heterocycles. The summed E-state index contributed by atoms with van der Waals surface area (Å²) in [6.07, 6.45) is 2.08. The summed E-state index contributed by atoms with van der Waals surface area (Å²) in [7, 11) is 0. The van der Waals surface area contributed by atoms with Crippen LogP contribution in [0.3, 0.4) is 0 Å². The van der Waals surface area contributed by atoms with E-state index in [2.05, 4.69) is 17.2 Å². The quantitative estimate of drug-likeness (QED) is 0.265. The van der Waals surface area contributed by atoms with Crippen LogP contribution in [0.5, 0.6) is 0 Å². The second-order valence-corrected chi connectivity index (χ2v) is 5.25. The molecule has 0 saturated heterocycles. The van der Waals surface area contributed by atoms with Gasteiger partial charge in [-0.05, 0) is 32.4 Å². The molecule has 2 amide bonds. The van der Waals surface area contributed by atoms with E-state index in [1.54, 1.807) is 0 Å². The van der Waals surface area contributed by atoms with E-state index < -0.39 is 18.1 Å². The summed E-state index contributed by atoms with van der Waals surface area (Å²) in [6.45, 7) is 6.23.